The summed E-state index contributed by atoms with van der Waals surface area (Å²) in [7, 11) is 0. The van der Waals surface area contributed by atoms with Crippen LogP contribution in [0.4, 0.5) is 0 Å². The molecule has 0 rings (SSSR count). The van der Waals surface area contributed by atoms with E-state index in [1.807, 2.05) is 27.7 Å². The van der Waals surface area contributed by atoms with E-state index in [9.17, 15) is 14.7 Å². The molecule has 18 heavy (non-hydrogen) atoms. The summed E-state index contributed by atoms with van der Waals surface area (Å²) in [5.74, 6) is -0.961. The minimum Gasteiger partial charge on any atom is -0.480 e. The molecule has 5 heteroatoms. The fraction of sp³-hybridized carbons (Fsp3) is 0.846. The lowest BCUT2D eigenvalue weighted by atomic mass is 10.1. The highest BCUT2D eigenvalue weighted by Gasteiger charge is 2.25. The fourth-order valence-electron chi connectivity index (χ4n) is 1.85. The van der Waals surface area contributed by atoms with Gasteiger partial charge in [-0.25, -0.2) is 0 Å². The monoisotopic (exact) mass is 258 g/mol. The van der Waals surface area contributed by atoms with Crippen molar-refractivity contribution in [3.05, 3.63) is 0 Å². The molecule has 0 spiro atoms. The lowest BCUT2D eigenvalue weighted by molar-refractivity contribution is -0.144. The number of carboxylic acids is 1. The molecule has 0 bridgehead atoms. The Hall–Kier alpha value is -1.10. The molecule has 1 atom stereocenters. The third-order valence-corrected chi connectivity index (χ3v) is 2.76. The van der Waals surface area contributed by atoms with Gasteiger partial charge in [-0.15, -0.1) is 0 Å². The highest BCUT2D eigenvalue weighted by atomic mass is 16.4. The van der Waals surface area contributed by atoms with Crippen molar-refractivity contribution in [1.82, 2.24) is 10.2 Å². The van der Waals surface area contributed by atoms with Crippen molar-refractivity contribution in [2.24, 2.45) is 0 Å². The van der Waals surface area contributed by atoms with Crippen LogP contribution in [0.1, 0.15) is 47.0 Å². The van der Waals surface area contributed by atoms with E-state index in [4.69, 9.17) is 0 Å². The summed E-state index contributed by atoms with van der Waals surface area (Å²) in [4.78, 5) is 24.6. The second-order valence-electron chi connectivity index (χ2n) is 4.78. The summed E-state index contributed by atoms with van der Waals surface area (Å²) in [6, 6.07) is -0.483. The van der Waals surface area contributed by atoms with Crippen LogP contribution in [0.3, 0.4) is 0 Å². The van der Waals surface area contributed by atoms with Crippen molar-refractivity contribution < 1.29 is 14.7 Å². The van der Waals surface area contributed by atoms with Gasteiger partial charge in [0.1, 0.15) is 6.04 Å². The number of hydrogen-bond acceptors (Lipinski definition) is 3. The molecule has 0 aliphatic rings. The van der Waals surface area contributed by atoms with E-state index in [0.29, 0.717) is 13.0 Å². The van der Waals surface area contributed by atoms with E-state index >= 15 is 0 Å². The van der Waals surface area contributed by atoms with Gasteiger partial charge in [-0.3, -0.25) is 14.5 Å². The SMILES string of the molecule is CCCCC(C(=O)O)N(CC)CC(=O)NC(C)C. The van der Waals surface area contributed by atoms with Crippen LogP contribution in [0, 0.1) is 0 Å². The number of carboxylic acid groups (broad SMARTS) is 1. The van der Waals surface area contributed by atoms with Crippen LogP contribution < -0.4 is 5.32 Å². The quantitative estimate of drug-likeness (QED) is 0.657. The average molecular weight is 258 g/mol. The number of rotatable bonds is 9. The minimum atomic E-state index is -0.845. The first-order valence-electron chi connectivity index (χ1n) is 6.68. The summed E-state index contributed by atoms with van der Waals surface area (Å²) in [5, 5.41) is 12.0. The zero-order valence-electron chi connectivity index (χ0n) is 11.9. The third kappa shape index (κ3) is 6.59. The Bertz CT molecular complexity index is 267. The normalized spacial score (nSPS) is 12.8. The van der Waals surface area contributed by atoms with Crippen molar-refractivity contribution in [1.29, 1.82) is 0 Å². The van der Waals surface area contributed by atoms with Gasteiger partial charge in [-0.05, 0) is 26.8 Å². The molecule has 1 amide bonds. The van der Waals surface area contributed by atoms with Crippen molar-refractivity contribution in [2.75, 3.05) is 13.1 Å². The molecule has 0 aliphatic heterocycles. The molecule has 0 aromatic carbocycles. The van der Waals surface area contributed by atoms with E-state index in [2.05, 4.69) is 5.32 Å². The van der Waals surface area contributed by atoms with E-state index in [0.717, 1.165) is 12.8 Å². The fourth-order valence-corrected chi connectivity index (χ4v) is 1.85. The van der Waals surface area contributed by atoms with Crippen molar-refractivity contribution >= 4 is 11.9 Å². The Balaban J connectivity index is 4.49. The molecule has 106 valence electrons. The summed E-state index contributed by atoms with van der Waals surface area (Å²) in [6.45, 7) is 8.40. The largest absolute Gasteiger partial charge is 0.480 e. The number of aliphatic carboxylic acids is 1. The molecule has 0 aromatic rings. The molecule has 0 radical (unpaired) electrons. The first-order valence-corrected chi connectivity index (χ1v) is 6.68. The molecule has 1 unspecified atom stereocenters. The van der Waals surface area contributed by atoms with Crippen LogP contribution >= 0.6 is 0 Å². The van der Waals surface area contributed by atoms with Crippen LogP contribution in [0.5, 0.6) is 0 Å². The number of nitrogens with zero attached hydrogens (tertiary/aromatic N) is 1. The molecule has 0 saturated heterocycles. The lowest BCUT2D eigenvalue weighted by Gasteiger charge is -2.27. The second-order valence-corrected chi connectivity index (χ2v) is 4.78. The van der Waals surface area contributed by atoms with Gasteiger partial charge in [-0.2, -0.15) is 0 Å². The highest BCUT2D eigenvalue weighted by Crippen LogP contribution is 2.09. The van der Waals surface area contributed by atoms with Crippen molar-refractivity contribution in [3.8, 4) is 0 Å². The molecule has 0 aliphatic carbocycles. The smallest absolute Gasteiger partial charge is 0.320 e. The number of unbranched alkanes of at least 4 members (excludes halogenated alkanes) is 1. The molecular weight excluding hydrogens is 232 g/mol. The minimum absolute atomic E-state index is 0.0788. The molecule has 0 aromatic heterocycles. The lowest BCUT2D eigenvalue weighted by Crippen LogP contribution is -2.47. The number of likely N-dealkylation sites (N-methyl/N-ethyl adjacent to an activating group) is 1. The second kappa shape index (κ2) is 8.91. The van der Waals surface area contributed by atoms with E-state index < -0.39 is 12.0 Å². The molecule has 5 nitrogen and oxygen atoms in total. The predicted octanol–water partition coefficient (Wildman–Crippen LogP) is 1.48. The molecular formula is C13H26N2O3. The molecule has 2 N–H and O–H groups in total. The Morgan fingerprint density at radius 2 is 1.89 bits per heavy atom. The topological polar surface area (TPSA) is 69.6 Å². The summed E-state index contributed by atoms with van der Waals surface area (Å²) in [6.07, 6.45) is 2.41. The van der Waals surface area contributed by atoms with Crippen LogP contribution in [0.2, 0.25) is 0 Å². The molecule has 0 fully saturated rings. The zero-order chi connectivity index (χ0) is 14.1. The van der Waals surface area contributed by atoms with Gasteiger partial charge >= 0.3 is 5.97 Å². The highest BCUT2D eigenvalue weighted by molar-refractivity contribution is 5.80. The van der Waals surface area contributed by atoms with E-state index in [1.165, 1.54) is 0 Å². The number of nitrogens with one attached hydrogen (secondary N) is 1. The van der Waals surface area contributed by atoms with Crippen molar-refractivity contribution in [2.45, 2.75) is 59.0 Å². The number of carbonyl (C=O) groups excluding carboxylic acids is 1. The van der Waals surface area contributed by atoms with Crippen LogP contribution in [-0.2, 0) is 9.59 Å². The number of carbonyl (C=O) groups is 2. The standard InChI is InChI=1S/C13H26N2O3/c1-5-7-8-11(13(17)18)15(6-2)9-12(16)14-10(3)4/h10-11H,5-9H2,1-4H3,(H,14,16)(H,17,18). The van der Waals surface area contributed by atoms with E-state index in [-0.39, 0.29) is 18.5 Å². The van der Waals surface area contributed by atoms with E-state index in [1.54, 1.807) is 4.90 Å². The Morgan fingerprint density at radius 3 is 2.28 bits per heavy atom. The van der Waals surface area contributed by atoms with Gasteiger partial charge in [0.25, 0.3) is 0 Å². The number of hydrogen-bond donors (Lipinski definition) is 2. The van der Waals surface area contributed by atoms with Gasteiger partial charge in [0.15, 0.2) is 0 Å². The zero-order valence-corrected chi connectivity index (χ0v) is 11.9. The maximum atomic E-state index is 11.7. The number of amides is 1. The van der Waals surface area contributed by atoms with Crippen LogP contribution in [0.15, 0.2) is 0 Å². The van der Waals surface area contributed by atoms with Gasteiger partial charge in [0.2, 0.25) is 5.91 Å². The van der Waals surface area contributed by atoms with Gasteiger partial charge in [-0.1, -0.05) is 26.7 Å². The summed E-state index contributed by atoms with van der Waals surface area (Å²) in [5.41, 5.74) is 0. The Labute approximate surface area is 110 Å². The first-order chi connectivity index (χ1) is 8.42. The Kier molecular flexibility index (Phi) is 8.37. The third-order valence-electron chi connectivity index (χ3n) is 2.76. The Morgan fingerprint density at radius 1 is 1.28 bits per heavy atom. The molecule has 0 saturated carbocycles. The predicted molar refractivity (Wildman–Crippen MR) is 71.5 cm³/mol. The van der Waals surface area contributed by atoms with Gasteiger partial charge < -0.3 is 10.4 Å². The maximum Gasteiger partial charge on any atom is 0.320 e. The molecule has 0 heterocycles. The first kappa shape index (κ1) is 16.9. The van der Waals surface area contributed by atoms with Crippen LogP contribution in [-0.4, -0.2) is 47.1 Å². The summed E-state index contributed by atoms with van der Waals surface area (Å²) >= 11 is 0. The van der Waals surface area contributed by atoms with Gasteiger partial charge in [0.05, 0.1) is 6.54 Å². The van der Waals surface area contributed by atoms with Crippen molar-refractivity contribution in [3.63, 3.8) is 0 Å². The summed E-state index contributed by atoms with van der Waals surface area (Å²) < 4.78 is 0. The van der Waals surface area contributed by atoms with Crippen LogP contribution in [0.25, 0.3) is 0 Å². The average Bonchev–Trinajstić information content (AvgIpc) is 2.26. The van der Waals surface area contributed by atoms with Gasteiger partial charge in [0, 0.05) is 6.04 Å². The maximum absolute atomic E-state index is 11.7.